The molecule has 190 valence electrons. The average Bonchev–Trinajstić information content (AvgIpc) is 3.20. The van der Waals surface area contributed by atoms with E-state index in [-0.39, 0.29) is 59.5 Å². The lowest BCUT2D eigenvalue weighted by atomic mass is 9.74. The molecule has 3 amide bonds. The van der Waals surface area contributed by atoms with Gasteiger partial charge in [0.05, 0.1) is 23.8 Å². The van der Waals surface area contributed by atoms with E-state index in [2.05, 4.69) is 5.32 Å². The van der Waals surface area contributed by atoms with Crippen LogP contribution in [0, 0.1) is 0 Å². The third-order valence-corrected chi connectivity index (χ3v) is 7.03. The van der Waals surface area contributed by atoms with Crippen molar-refractivity contribution in [3.05, 3.63) is 63.7 Å². The van der Waals surface area contributed by atoms with Gasteiger partial charge in [-0.25, -0.2) is 0 Å². The number of amides is 3. The molecule has 11 nitrogen and oxygen atoms in total. The van der Waals surface area contributed by atoms with Crippen LogP contribution in [0.3, 0.4) is 0 Å². The summed E-state index contributed by atoms with van der Waals surface area (Å²) in [6.45, 7) is -0.206. The topological polar surface area (TPSA) is 171 Å². The van der Waals surface area contributed by atoms with E-state index in [1.807, 2.05) is 0 Å². The number of nitrogens with one attached hydrogen (secondary N) is 1. The Morgan fingerprint density at radius 2 is 1.65 bits per heavy atom. The lowest BCUT2D eigenvalue weighted by Gasteiger charge is -2.34. The summed E-state index contributed by atoms with van der Waals surface area (Å²) in [4.78, 5) is 63.7. The van der Waals surface area contributed by atoms with E-state index < -0.39 is 58.4 Å². The minimum atomic E-state index is -2.01. The number of fused-ring (bicyclic) bond motifs is 3. The number of phenolic OH excluding ortho intramolecular Hbond substituents is 2. The number of hydrogen-bond donors (Lipinski definition) is 4. The molecule has 0 aromatic heterocycles. The second-order valence-electron chi connectivity index (χ2n) is 9.07. The van der Waals surface area contributed by atoms with Crippen molar-refractivity contribution in [2.75, 3.05) is 20.2 Å². The Balaban J connectivity index is 1.44. The summed E-state index contributed by atoms with van der Waals surface area (Å²) in [5, 5.41) is 35.7. The molecule has 4 N–H and O–H groups in total. The first-order chi connectivity index (χ1) is 17.6. The van der Waals surface area contributed by atoms with E-state index in [4.69, 9.17) is 4.74 Å². The van der Waals surface area contributed by atoms with Crippen molar-refractivity contribution in [1.82, 2.24) is 10.2 Å². The second kappa shape index (κ2) is 8.56. The zero-order chi connectivity index (χ0) is 26.6. The van der Waals surface area contributed by atoms with Gasteiger partial charge in [0.2, 0.25) is 5.78 Å². The smallest absolute Gasteiger partial charge is 0.253 e. The molecule has 0 saturated carbocycles. The van der Waals surface area contributed by atoms with Crippen molar-refractivity contribution in [2.24, 2.45) is 0 Å². The number of carbonyl (C=O) groups is 5. The van der Waals surface area contributed by atoms with Crippen LogP contribution in [0.4, 0.5) is 0 Å². The van der Waals surface area contributed by atoms with Gasteiger partial charge in [-0.3, -0.25) is 28.9 Å². The van der Waals surface area contributed by atoms with E-state index in [9.17, 15) is 39.3 Å². The van der Waals surface area contributed by atoms with Gasteiger partial charge >= 0.3 is 0 Å². The van der Waals surface area contributed by atoms with Crippen LogP contribution in [0.2, 0.25) is 0 Å². The molecule has 0 spiro atoms. The van der Waals surface area contributed by atoms with Crippen LogP contribution >= 0.6 is 0 Å². The molecule has 2 aromatic carbocycles. The summed E-state index contributed by atoms with van der Waals surface area (Å²) >= 11 is 0. The van der Waals surface area contributed by atoms with Crippen LogP contribution in [-0.2, 0) is 27.2 Å². The Labute approximate surface area is 210 Å². The average molecular weight is 506 g/mol. The van der Waals surface area contributed by atoms with Gasteiger partial charge in [0.1, 0.15) is 22.8 Å². The van der Waals surface area contributed by atoms with Gasteiger partial charge in [-0.15, -0.1) is 0 Å². The minimum Gasteiger partial charge on any atom is -0.507 e. The summed E-state index contributed by atoms with van der Waals surface area (Å²) in [5.74, 6) is -4.13. The zero-order valence-corrected chi connectivity index (χ0v) is 19.7. The molecule has 0 saturated heterocycles. The predicted molar refractivity (Wildman–Crippen MR) is 125 cm³/mol. The fourth-order valence-electron chi connectivity index (χ4n) is 5.11. The number of rotatable bonds is 5. The molecule has 1 heterocycles. The molecular weight excluding hydrogens is 484 g/mol. The number of aromatic hydroxyl groups is 2. The number of imide groups is 1. The van der Waals surface area contributed by atoms with Crippen molar-refractivity contribution in [3.8, 4) is 17.2 Å². The molecule has 2 aromatic rings. The van der Waals surface area contributed by atoms with Gasteiger partial charge in [0, 0.05) is 48.4 Å². The summed E-state index contributed by atoms with van der Waals surface area (Å²) in [6.07, 6.45) is 1.58. The van der Waals surface area contributed by atoms with E-state index in [0.29, 0.717) is 0 Å². The molecule has 1 atom stereocenters. The number of methoxy groups -OCH3 is 1. The fourth-order valence-corrected chi connectivity index (χ4v) is 5.11. The number of phenols is 2. The van der Waals surface area contributed by atoms with Gasteiger partial charge < -0.3 is 25.4 Å². The molecule has 11 heteroatoms. The Bertz CT molecular complexity index is 1440. The van der Waals surface area contributed by atoms with Crippen LogP contribution < -0.4 is 10.1 Å². The second-order valence-corrected chi connectivity index (χ2v) is 9.07. The van der Waals surface area contributed by atoms with Gasteiger partial charge in [0.15, 0.2) is 5.78 Å². The first kappa shape index (κ1) is 24.2. The maximum absolute atomic E-state index is 13.3. The van der Waals surface area contributed by atoms with E-state index >= 15 is 0 Å². The number of benzene rings is 2. The van der Waals surface area contributed by atoms with Crippen molar-refractivity contribution in [2.45, 2.75) is 24.9 Å². The highest BCUT2D eigenvalue weighted by Gasteiger charge is 2.45. The molecule has 2 aliphatic carbocycles. The Morgan fingerprint density at radius 3 is 2.32 bits per heavy atom. The Kier molecular flexibility index (Phi) is 5.60. The highest BCUT2D eigenvalue weighted by atomic mass is 16.5. The molecule has 0 bridgehead atoms. The number of nitrogens with zero attached hydrogens (tertiary/aromatic N) is 1. The van der Waals surface area contributed by atoms with Crippen LogP contribution in [0.15, 0.2) is 30.4 Å². The molecule has 0 radical (unpaired) electrons. The van der Waals surface area contributed by atoms with Crippen molar-refractivity contribution in [1.29, 1.82) is 0 Å². The van der Waals surface area contributed by atoms with Crippen molar-refractivity contribution < 1.29 is 44.0 Å². The summed E-state index contributed by atoms with van der Waals surface area (Å²) in [7, 11) is 1.34. The van der Waals surface area contributed by atoms with Gasteiger partial charge in [-0.2, -0.15) is 0 Å². The molecule has 5 rings (SSSR count). The van der Waals surface area contributed by atoms with Crippen LogP contribution in [0.1, 0.15) is 49.4 Å². The number of carbonyl (C=O) groups excluding carboxylic acids is 5. The molecular formula is C26H22N2O9. The quantitative estimate of drug-likeness (QED) is 0.278. The zero-order valence-electron chi connectivity index (χ0n) is 19.7. The number of ether oxygens (including phenoxy) is 1. The summed E-state index contributed by atoms with van der Waals surface area (Å²) < 4.78 is 5.22. The monoisotopic (exact) mass is 506 g/mol. The van der Waals surface area contributed by atoms with E-state index in [1.165, 1.54) is 25.3 Å². The largest absolute Gasteiger partial charge is 0.507 e. The van der Waals surface area contributed by atoms with E-state index in [0.717, 1.165) is 17.1 Å². The highest BCUT2D eigenvalue weighted by Crippen LogP contribution is 2.48. The lowest BCUT2D eigenvalue weighted by molar-refractivity contribution is -0.142. The number of aliphatic hydroxyl groups is 1. The number of ketones is 2. The van der Waals surface area contributed by atoms with Gasteiger partial charge in [-0.05, 0) is 18.9 Å². The Morgan fingerprint density at radius 1 is 1.00 bits per heavy atom. The maximum Gasteiger partial charge on any atom is 0.253 e. The van der Waals surface area contributed by atoms with Crippen LogP contribution in [-0.4, -0.2) is 75.3 Å². The third-order valence-electron chi connectivity index (χ3n) is 7.03. The van der Waals surface area contributed by atoms with Gasteiger partial charge in [0.25, 0.3) is 17.7 Å². The fraction of sp³-hybridized carbons (Fsp3) is 0.269. The molecule has 37 heavy (non-hydrogen) atoms. The van der Waals surface area contributed by atoms with Gasteiger partial charge in [-0.1, -0.05) is 12.1 Å². The van der Waals surface area contributed by atoms with Crippen LogP contribution in [0.25, 0.3) is 0 Å². The SMILES string of the molecule is COc1cccc2c1C(=O)c1c(O)c3c(c(O)c1C2=O)C[C@@](O)(C(=O)NCCN1C(=O)C=CC1=O)CC3. The van der Waals surface area contributed by atoms with Crippen molar-refractivity contribution >= 4 is 29.3 Å². The number of hydrogen-bond acceptors (Lipinski definition) is 9. The first-order valence-corrected chi connectivity index (χ1v) is 11.5. The van der Waals surface area contributed by atoms with Crippen molar-refractivity contribution in [3.63, 3.8) is 0 Å². The molecule has 3 aliphatic rings. The first-order valence-electron chi connectivity index (χ1n) is 11.5. The summed E-state index contributed by atoms with van der Waals surface area (Å²) in [6, 6.07) is 4.44. The standard InChI is InChI=1S/C26H22N2O9/c1-37-15-4-2-3-13-18(15)24(34)20-19(22(13)32)23(33)14-11-26(36,8-7-12(14)21(20)31)25(35)27-9-10-28-16(29)5-6-17(28)30/h2-6,31,33,36H,7-11H2,1H3,(H,27,35)/t26-/m1/s1. The predicted octanol–water partition coefficient (Wildman–Crippen LogP) is 0.143. The lowest BCUT2D eigenvalue weighted by Crippen LogP contribution is -2.52. The Hall–Kier alpha value is -4.51. The normalized spacial score (nSPS) is 20.0. The maximum atomic E-state index is 13.3. The highest BCUT2D eigenvalue weighted by molar-refractivity contribution is 6.31. The molecule has 1 aliphatic heterocycles. The third kappa shape index (κ3) is 3.58. The molecule has 0 unspecified atom stereocenters. The minimum absolute atomic E-state index is 0.00388. The van der Waals surface area contributed by atoms with E-state index in [1.54, 1.807) is 0 Å². The summed E-state index contributed by atoms with van der Waals surface area (Å²) in [5.41, 5.74) is -2.63. The van der Waals surface area contributed by atoms with Crippen LogP contribution in [0.5, 0.6) is 17.2 Å². The molecule has 0 fully saturated rings.